The number of hydrogen-bond donors (Lipinski definition) is 0. The number of ether oxygens (including phenoxy) is 2. The summed E-state index contributed by atoms with van der Waals surface area (Å²) in [7, 11) is 3.26. The summed E-state index contributed by atoms with van der Waals surface area (Å²) in [5.41, 5.74) is 1.68. The molecule has 0 spiro atoms. The Labute approximate surface area is 154 Å². The Bertz CT molecular complexity index is 736. The van der Waals surface area contributed by atoms with Crippen molar-refractivity contribution in [1.82, 2.24) is 4.90 Å². The average Bonchev–Trinajstić information content (AvgIpc) is 3.10. The molecule has 1 aliphatic rings. The number of benzene rings is 2. The molecule has 0 aromatic heterocycles. The van der Waals surface area contributed by atoms with Crippen molar-refractivity contribution in [2.24, 2.45) is 0 Å². The fraction of sp³-hybridized carbons (Fsp3) is 0.278. The van der Waals surface area contributed by atoms with Crippen LogP contribution in [0.25, 0.3) is 0 Å². The maximum atomic E-state index is 12.9. The molecule has 24 heavy (non-hydrogen) atoms. The van der Waals surface area contributed by atoms with Crippen molar-refractivity contribution >= 4 is 33.6 Å². The lowest BCUT2D eigenvalue weighted by Crippen LogP contribution is -2.30. The SMILES string of the molecule is COc1ccc([C@@H]2SCCN2C(=O)c2ccc(Br)cc2)c(OC)c1. The molecule has 126 valence electrons. The fourth-order valence-corrected chi connectivity index (χ4v) is 4.26. The highest BCUT2D eigenvalue weighted by Crippen LogP contribution is 2.43. The third-order valence-corrected chi connectivity index (χ3v) is 5.72. The molecule has 6 heteroatoms. The molecule has 1 fully saturated rings. The van der Waals surface area contributed by atoms with Crippen LogP contribution in [-0.2, 0) is 0 Å². The number of methoxy groups -OCH3 is 2. The summed E-state index contributed by atoms with van der Waals surface area (Å²) in [5.74, 6) is 2.42. The lowest BCUT2D eigenvalue weighted by molar-refractivity contribution is 0.0759. The smallest absolute Gasteiger partial charge is 0.255 e. The zero-order valence-corrected chi connectivity index (χ0v) is 15.9. The first-order valence-corrected chi connectivity index (χ1v) is 9.38. The number of amides is 1. The zero-order chi connectivity index (χ0) is 17.1. The first kappa shape index (κ1) is 17.2. The molecule has 2 aromatic carbocycles. The van der Waals surface area contributed by atoms with Crippen molar-refractivity contribution in [3.8, 4) is 11.5 Å². The van der Waals surface area contributed by atoms with Crippen LogP contribution in [0.15, 0.2) is 46.9 Å². The molecule has 4 nitrogen and oxygen atoms in total. The number of carbonyl (C=O) groups excluding carboxylic acids is 1. The van der Waals surface area contributed by atoms with Gasteiger partial charge in [-0.05, 0) is 36.4 Å². The van der Waals surface area contributed by atoms with E-state index in [1.165, 1.54) is 0 Å². The minimum absolute atomic E-state index is 0.0374. The Morgan fingerprint density at radius 2 is 1.92 bits per heavy atom. The summed E-state index contributed by atoms with van der Waals surface area (Å²) in [6.07, 6.45) is 0. The normalized spacial score (nSPS) is 17.0. The van der Waals surface area contributed by atoms with E-state index in [4.69, 9.17) is 9.47 Å². The molecule has 0 saturated carbocycles. The predicted octanol–water partition coefficient (Wildman–Crippen LogP) is 4.35. The van der Waals surface area contributed by atoms with Crippen LogP contribution in [0.3, 0.4) is 0 Å². The highest BCUT2D eigenvalue weighted by atomic mass is 79.9. The predicted molar refractivity (Wildman–Crippen MR) is 99.9 cm³/mol. The maximum Gasteiger partial charge on any atom is 0.255 e. The van der Waals surface area contributed by atoms with E-state index in [1.807, 2.05) is 47.4 Å². The van der Waals surface area contributed by atoms with Crippen LogP contribution < -0.4 is 9.47 Å². The highest BCUT2D eigenvalue weighted by molar-refractivity contribution is 9.10. The van der Waals surface area contributed by atoms with Crippen molar-refractivity contribution in [3.05, 3.63) is 58.1 Å². The molecule has 0 bridgehead atoms. The van der Waals surface area contributed by atoms with Gasteiger partial charge < -0.3 is 14.4 Å². The zero-order valence-electron chi connectivity index (χ0n) is 13.5. The third-order valence-electron chi connectivity index (χ3n) is 3.95. The minimum atomic E-state index is -0.0537. The first-order chi connectivity index (χ1) is 11.6. The third kappa shape index (κ3) is 3.39. The summed E-state index contributed by atoms with van der Waals surface area (Å²) < 4.78 is 11.7. The second kappa shape index (κ2) is 7.49. The lowest BCUT2D eigenvalue weighted by Gasteiger charge is -2.25. The van der Waals surface area contributed by atoms with E-state index in [-0.39, 0.29) is 11.3 Å². The van der Waals surface area contributed by atoms with E-state index in [0.29, 0.717) is 5.56 Å². The van der Waals surface area contributed by atoms with Gasteiger partial charge in [-0.3, -0.25) is 4.79 Å². The van der Waals surface area contributed by atoms with Crippen molar-refractivity contribution < 1.29 is 14.3 Å². The lowest BCUT2D eigenvalue weighted by atomic mass is 10.1. The van der Waals surface area contributed by atoms with Gasteiger partial charge in [0.25, 0.3) is 5.91 Å². The molecular formula is C18H18BrNO3S. The standard InChI is InChI=1S/C18H18BrNO3S/c1-22-14-7-8-15(16(11-14)23-2)18-20(9-10-24-18)17(21)12-3-5-13(19)6-4-12/h3-8,11,18H,9-10H2,1-2H3/t18-/m0/s1. The molecule has 1 saturated heterocycles. The largest absolute Gasteiger partial charge is 0.497 e. The van der Waals surface area contributed by atoms with Crippen LogP contribution in [0.4, 0.5) is 0 Å². The Hall–Kier alpha value is -1.66. The number of hydrogen-bond acceptors (Lipinski definition) is 4. The summed E-state index contributed by atoms with van der Waals surface area (Å²) in [6, 6.07) is 13.2. The number of nitrogens with zero attached hydrogens (tertiary/aromatic N) is 1. The summed E-state index contributed by atoms with van der Waals surface area (Å²) >= 11 is 5.15. The summed E-state index contributed by atoms with van der Waals surface area (Å²) in [5, 5.41) is -0.0537. The monoisotopic (exact) mass is 407 g/mol. The van der Waals surface area contributed by atoms with E-state index in [1.54, 1.807) is 26.0 Å². The van der Waals surface area contributed by atoms with Gasteiger partial charge in [0.2, 0.25) is 0 Å². The van der Waals surface area contributed by atoms with E-state index in [2.05, 4.69) is 15.9 Å². The van der Waals surface area contributed by atoms with E-state index in [9.17, 15) is 4.79 Å². The van der Waals surface area contributed by atoms with Crippen LogP contribution in [-0.4, -0.2) is 37.3 Å². The molecule has 1 atom stereocenters. The first-order valence-electron chi connectivity index (χ1n) is 7.54. The van der Waals surface area contributed by atoms with Gasteiger partial charge in [0, 0.05) is 34.0 Å². The Balaban J connectivity index is 1.90. The maximum absolute atomic E-state index is 12.9. The van der Waals surface area contributed by atoms with Crippen LogP contribution in [0.1, 0.15) is 21.3 Å². The van der Waals surface area contributed by atoms with Gasteiger partial charge in [0.15, 0.2) is 0 Å². The van der Waals surface area contributed by atoms with Crippen LogP contribution in [0, 0.1) is 0 Å². The van der Waals surface area contributed by atoms with Crippen molar-refractivity contribution in [2.75, 3.05) is 26.5 Å². The second-order valence-corrected chi connectivity index (χ2v) is 7.44. The van der Waals surface area contributed by atoms with Gasteiger partial charge in [0.1, 0.15) is 16.9 Å². The van der Waals surface area contributed by atoms with Gasteiger partial charge in [-0.25, -0.2) is 0 Å². The van der Waals surface area contributed by atoms with Gasteiger partial charge in [-0.2, -0.15) is 0 Å². The molecule has 0 radical (unpaired) electrons. The summed E-state index contributed by atoms with van der Waals surface area (Å²) in [6.45, 7) is 0.722. The van der Waals surface area contributed by atoms with Gasteiger partial charge in [-0.1, -0.05) is 15.9 Å². The minimum Gasteiger partial charge on any atom is -0.497 e. The topological polar surface area (TPSA) is 38.8 Å². The van der Waals surface area contributed by atoms with Crippen LogP contribution >= 0.6 is 27.7 Å². The number of rotatable bonds is 4. The van der Waals surface area contributed by atoms with Crippen LogP contribution in [0.2, 0.25) is 0 Å². The average molecular weight is 408 g/mol. The van der Waals surface area contributed by atoms with E-state index in [0.717, 1.165) is 33.8 Å². The van der Waals surface area contributed by atoms with Crippen molar-refractivity contribution in [1.29, 1.82) is 0 Å². The van der Waals surface area contributed by atoms with Crippen molar-refractivity contribution in [2.45, 2.75) is 5.37 Å². The number of carbonyl (C=O) groups is 1. The second-order valence-electron chi connectivity index (χ2n) is 5.34. The molecule has 1 amide bonds. The van der Waals surface area contributed by atoms with Gasteiger partial charge in [-0.15, -0.1) is 11.8 Å². The van der Waals surface area contributed by atoms with E-state index >= 15 is 0 Å². The number of thioether (sulfide) groups is 1. The van der Waals surface area contributed by atoms with Crippen LogP contribution in [0.5, 0.6) is 11.5 Å². The molecule has 0 N–H and O–H groups in total. The number of halogens is 1. The van der Waals surface area contributed by atoms with Crippen molar-refractivity contribution in [3.63, 3.8) is 0 Å². The Kier molecular flexibility index (Phi) is 5.36. The van der Waals surface area contributed by atoms with Gasteiger partial charge in [0.05, 0.1) is 14.2 Å². The molecule has 3 rings (SSSR count). The molecule has 2 aromatic rings. The summed E-state index contributed by atoms with van der Waals surface area (Å²) in [4.78, 5) is 14.8. The highest BCUT2D eigenvalue weighted by Gasteiger charge is 2.33. The fourth-order valence-electron chi connectivity index (χ4n) is 2.72. The van der Waals surface area contributed by atoms with E-state index < -0.39 is 0 Å². The molecule has 0 unspecified atom stereocenters. The quantitative estimate of drug-likeness (QED) is 0.754. The molecular weight excluding hydrogens is 390 g/mol. The molecule has 1 aliphatic heterocycles. The Morgan fingerprint density at radius 3 is 2.58 bits per heavy atom. The van der Waals surface area contributed by atoms with Gasteiger partial charge >= 0.3 is 0 Å². The molecule has 1 heterocycles. The molecule has 0 aliphatic carbocycles. The Morgan fingerprint density at radius 1 is 1.17 bits per heavy atom.